The van der Waals surface area contributed by atoms with E-state index < -0.39 is 0 Å². The maximum atomic E-state index is 5.66. The molecule has 0 amide bonds. The van der Waals surface area contributed by atoms with Crippen LogP contribution < -0.4 is 0 Å². The predicted molar refractivity (Wildman–Crippen MR) is 78.2 cm³/mol. The second-order valence-electron chi connectivity index (χ2n) is 6.20. The average Bonchev–Trinajstić information content (AvgIpc) is 2.43. The molecule has 0 bridgehead atoms. The van der Waals surface area contributed by atoms with Crippen molar-refractivity contribution in [2.45, 2.75) is 65.1 Å². The third-order valence-electron chi connectivity index (χ3n) is 4.94. The van der Waals surface area contributed by atoms with E-state index in [1.807, 2.05) is 13.8 Å². The van der Waals surface area contributed by atoms with Crippen LogP contribution in [0.2, 0.25) is 0 Å². The van der Waals surface area contributed by atoms with Gasteiger partial charge in [-0.3, -0.25) is 4.90 Å². The number of piperidine rings is 1. The maximum absolute atomic E-state index is 5.66. The first kappa shape index (κ1) is 15.3. The van der Waals surface area contributed by atoms with Crippen LogP contribution in [0, 0.1) is 5.41 Å². The lowest BCUT2D eigenvalue weighted by molar-refractivity contribution is -0.150. The zero-order chi connectivity index (χ0) is 13.6. The van der Waals surface area contributed by atoms with Gasteiger partial charge in [0.2, 0.25) is 0 Å². The van der Waals surface area contributed by atoms with Gasteiger partial charge in [-0.05, 0) is 58.0 Å². The van der Waals surface area contributed by atoms with Gasteiger partial charge in [-0.2, -0.15) is 0 Å². The van der Waals surface area contributed by atoms with Gasteiger partial charge in [0.15, 0.2) is 6.29 Å². The molecule has 2 aliphatic rings. The van der Waals surface area contributed by atoms with Crippen LogP contribution in [-0.2, 0) is 9.47 Å². The zero-order valence-electron chi connectivity index (χ0n) is 12.8. The van der Waals surface area contributed by atoms with E-state index in [0.717, 1.165) is 19.8 Å². The number of nitrogens with zero attached hydrogens (tertiary/aromatic N) is 1. The van der Waals surface area contributed by atoms with Gasteiger partial charge >= 0.3 is 0 Å². The van der Waals surface area contributed by atoms with E-state index in [1.54, 1.807) is 0 Å². The molecule has 0 radical (unpaired) electrons. The first-order valence-electron chi connectivity index (χ1n) is 8.23. The fourth-order valence-corrected chi connectivity index (χ4v) is 3.75. The van der Waals surface area contributed by atoms with E-state index >= 15 is 0 Å². The summed E-state index contributed by atoms with van der Waals surface area (Å²) in [6.07, 6.45) is 10.1. The van der Waals surface area contributed by atoms with Crippen molar-refractivity contribution in [3.63, 3.8) is 0 Å². The number of hydrogen-bond acceptors (Lipinski definition) is 3. The molecule has 1 spiro atoms. The van der Waals surface area contributed by atoms with Crippen molar-refractivity contribution in [2.24, 2.45) is 5.41 Å². The zero-order valence-corrected chi connectivity index (χ0v) is 12.8. The van der Waals surface area contributed by atoms with Crippen molar-refractivity contribution in [1.29, 1.82) is 0 Å². The Kier molecular flexibility index (Phi) is 6.11. The van der Waals surface area contributed by atoms with Crippen LogP contribution >= 0.6 is 0 Å². The van der Waals surface area contributed by atoms with E-state index in [-0.39, 0.29) is 6.29 Å². The minimum Gasteiger partial charge on any atom is -0.352 e. The molecule has 0 N–H and O–H groups in total. The summed E-state index contributed by atoms with van der Waals surface area (Å²) in [7, 11) is 0. The van der Waals surface area contributed by atoms with Crippen molar-refractivity contribution in [3.8, 4) is 0 Å². The fraction of sp³-hybridized carbons (Fsp3) is 1.00. The van der Waals surface area contributed by atoms with E-state index in [4.69, 9.17) is 9.47 Å². The Hall–Kier alpha value is -0.120. The minimum absolute atomic E-state index is 0.0320. The molecule has 3 heteroatoms. The molecular weight excluding hydrogens is 238 g/mol. The lowest BCUT2D eigenvalue weighted by atomic mass is 9.68. The molecule has 2 rings (SSSR count). The molecule has 1 aliphatic carbocycles. The van der Waals surface area contributed by atoms with E-state index in [1.165, 1.54) is 58.0 Å². The molecule has 3 nitrogen and oxygen atoms in total. The van der Waals surface area contributed by atoms with Crippen molar-refractivity contribution in [3.05, 3.63) is 0 Å². The van der Waals surface area contributed by atoms with Crippen LogP contribution in [0.3, 0.4) is 0 Å². The molecule has 1 saturated heterocycles. The van der Waals surface area contributed by atoms with E-state index in [2.05, 4.69) is 4.90 Å². The van der Waals surface area contributed by atoms with Gasteiger partial charge in [0, 0.05) is 19.8 Å². The lowest BCUT2D eigenvalue weighted by Gasteiger charge is -2.44. The summed E-state index contributed by atoms with van der Waals surface area (Å²) in [6.45, 7) is 8.97. The van der Waals surface area contributed by atoms with Gasteiger partial charge in [-0.25, -0.2) is 0 Å². The molecule has 1 saturated carbocycles. The highest BCUT2D eigenvalue weighted by molar-refractivity contribution is 4.88. The van der Waals surface area contributed by atoms with Crippen LogP contribution in [-0.4, -0.2) is 44.0 Å². The highest BCUT2D eigenvalue weighted by atomic mass is 16.7. The molecule has 19 heavy (non-hydrogen) atoms. The van der Waals surface area contributed by atoms with Crippen molar-refractivity contribution >= 4 is 0 Å². The van der Waals surface area contributed by atoms with Crippen LogP contribution in [0.25, 0.3) is 0 Å². The van der Waals surface area contributed by atoms with Gasteiger partial charge in [-0.15, -0.1) is 0 Å². The Bertz CT molecular complexity index is 235. The second kappa shape index (κ2) is 7.61. The largest absolute Gasteiger partial charge is 0.352 e. The van der Waals surface area contributed by atoms with Gasteiger partial charge in [0.05, 0.1) is 0 Å². The van der Waals surface area contributed by atoms with Crippen molar-refractivity contribution in [1.82, 2.24) is 4.90 Å². The van der Waals surface area contributed by atoms with Crippen LogP contribution in [0.4, 0.5) is 0 Å². The highest BCUT2D eigenvalue weighted by Gasteiger charge is 2.35. The second-order valence-corrected chi connectivity index (χ2v) is 6.20. The van der Waals surface area contributed by atoms with Crippen molar-refractivity contribution < 1.29 is 9.47 Å². The fourth-order valence-electron chi connectivity index (χ4n) is 3.75. The van der Waals surface area contributed by atoms with Gasteiger partial charge in [0.25, 0.3) is 0 Å². The Balaban J connectivity index is 1.75. The molecule has 0 aromatic rings. The summed E-state index contributed by atoms with van der Waals surface area (Å²) in [6, 6.07) is 0. The minimum atomic E-state index is -0.0320. The summed E-state index contributed by atoms with van der Waals surface area (Å²) in [5.41, 5.74) is 0.696. The molecule has 1 aliphatic heterocycles. The predicted octanol–water partition coefficient (Wildman–Crippen LogP) is 3.43. The lowest BCUT2D eigenvalue weighted by Crippen LogP contribution is -2.45. The molecule has 0 unspecified atom stereocenters. The first-order valence-corrected chi connectivity index (χ1v) is 8.23. The molecule has 112 valence electrons. The average molecular weight is 269 g/mol. The van der Waals surface area contributed by atoms with E-state index in [9.17, 15) is 0 Å². The summed E-state index contributed by atoms with van der Waals surface area (Å²) >= 11 is 0. The Labute approximate surface area is 118 Å². The smallest absolute Gasteiger partial charge is 0.170 e. The summed E-state index contributed by atoms with van der Waals surface area (Å²) in [5, 5.41) is 0. The van der Waals surface area contributed by atoms with Gasteiger partial charge in [-0.1, -0.05) is 19.3 Å². The van der Waals surface area contributed by atoms with Crippen LogP contribution in [0.15, 0.2) is 0 Å². The van der Waals surface area contributed by atoms with Gasteiger partial charge in [0.1, 0.15) is 0 Å². The van der Waals surface area contributed by atoms with Gasteiger partial charge < -0.3 is 9.47 Å². The van der Waals surface area contributed by atoms with E-state index in [0.29, 0.717) is 5.41 Å². The standard InChI is InChI=1S/C16H31NO2/c1-3-18-15(19-4-2)14-17-12-10-16(11-13-17)8-6-5-7-9-16/h15H,3-14H2,1-2H3. The quantitative estimate of drug-likeness (QED) is 0.690. The summed E-state index contributed by atoms with van der Waals surface area (Å²) in [4.78, 5) is 2.54. The summed E-state index contributed by atoms with van der Waals surface area (Å²) < 4.78 is 11.3. The number of ether oxygens (including phenoxy) is 2. The number of hydrogen-bond donors (Lipinski definition) is 0. The molecular formula is C16H31NO2. The Morgan fingerprint density at radius 3 is 2.00 bits per heavy atom. The molecule has 2 fully saturated rings. The Morgan fingerprint density at radius 2 is 1.47 bits per heavy atom. The SMILES string of the molecule is CCOC(CN1CCC2(CCCCC2)CC1)OCC. The molecule has 0 aromatic carbocycles. The molecule has 0 aromatic heterocycles. The third kappa shape index (κ3) is 4.44. The van der Waals surface area contributed by atoms with Crippen LogP contribution in [0.1, 0.15) is 58.8 Å². The first-order chi connectivity index (χ1) is 9.28. The normalized spacial score (nSPS) is 24.2. The molecule has 1 heterocycles. The van der Waals surface area contributed by atoms with Crippen LogP contribution in [0.5, 0.6) is 0 Å². The highest BCUT2D eigenvalue weighted by Crippen LogP contribution is 2.44. The number of likely N-dealkylation sites (tertiary alicyclic amines) is 1. The topological polar surface area (TPSA) is 21.7 Å². The van der Waals surface area contributed by atoms with Crippen molar-refractivity contribution in [2.75, 3.05) is 32.8 Å². The summed E-state index contributed by atoms with van der Waals surface area (Å²) in [5.74, 6) is 0. The Morgan fingerprint density at radius 1 is 0.895 bits per heavy atom. The third-order valence-corrected chi connectivity index (χ3v) is 4.94. The number of rotatable bonds is 6. The monoisotopic (exact) mass is 269 g/mol. The molecule has 0 atom stereocenters. The maximum Gasteiger partial charge on any atom is 0.170 e.